The van der Waals surface area contributed by atoms with Gasteiger partial charge in [-0.05, 0) is 49.4 Å². The normalized spacial score (nSPS) is 39.4. The van der Waals surface area contributed by atoms with E-state index in [9.17, 15) is 19.7 Å². The third-order valence-electron chi connectivity index (χ3n) is 5.62. The highest BCUT2D eigenvalue weighted by molar-refractivity contribution is 5.98. The van der Waals surface area contributed by atoms with Gasteiger partial charge in [0.1, 0.15) is 17.8 Å². The lowest BCUT2D eigenvalue weighted by atomic mass is 9.79. The van der Waals surface area contributed by atoms with Gasteiger partial charge in [-0.25, -0.2) is 0 Å². The van der Waals surface area contributed by atoms with Crippen molar-refractivity contribution in [2.45, 2.75) is 25.9 Å². The van der Waals surface area contributed by atoms with Crippen LogP contribution in [0.4, 0.5) is 0 Å². The van der Waals surface area contributed by atoms with Gasteiger partial charge in [0.05, 0.1) is 7.11 Å². The van der Waals surface area contributed by atoms with Crippen LogP contribution in [0.1, 0.15) is 19.8 Å². The Balaban J connectivity index is 1.93. The minimum atomic E-state index is -0.848. The number of carbonyl (C=O) groups is 2. The smallest absolute Gasteiger partial charge is 0.316 e. The predicted octanol–water partition coefficient (Wildman–Crippen LogP) is 1.40. The second kappa shape index (κ2) is 5.37. The molecule has 2 fully saturated rings. The Bertz CT molecular complexity index is 544. The molecule has 0 N–H and O–H groups in total. The number of Topliss-reactive ketones (excluding diaryl/α,β-unsaturated/α-hetero) is 1. The number of hydrogen-bond donors (Lipinski definition) is 0. The third kappa shape index (κ3) is 2.10. The lowest BCUT2D eigenvalue weighted by Gasteiger charge is -2.30. The number of methoxy groups -OCH3 is 1. The summed E-state index contributed by atoms with van der Waals surface area (Å²) < 4.78 is 4.80. The van der Waals surface area contributed by atoms with Gasteiger partial charge in [0.25, 0.3) is 5.09 Å². The molecule has 0 heterocycles. The molecule has 3 aliphatic rings. The summed E-state index contributed by atoms with van der Waals surface area (Å²) in [7, 11) is 1.26. The Morgan fingerprint density at radius 3 is 2.68 bits per heavy atom. The van der Waals surface area contributed by atoms with E-state index in [0.717, 1.165) is 6.42 Å². The van der Waals surface area contributed by atoms with Gasteiger partial charge in [-0.3, -0.25) is 9.59 Å². The Labute approximate surface area is 127 Å². The first-order valence-electron chi connectivity index (χ1n) is 7.51. The molecular formula is C15H19NO6. The number of ketones is 1. The summed E-state index contributed by atoms with van der Waals surface area (Å²) in [4.78, 5) is 39.7. The van der Waals surface area contributed by atoms with Crippen molar-refractivity contribution in [3.63, 3.8) is 0 Å². The molecule has 2 bridgehead atoms. The number of ether oxygens (including phenoxy) is 1. The molecule has 22 heavy (non-hydrogen) atoms. The number of nitrogens with zero attached hydrogens (tertiary/aromatic N) is 1. The first-order chi connectivity index (χ1) is 10.5. The summed E-state index contributed by atoms with van der Waals surface area (Å²) in [6, 6.07) is 0. The van der Waals surface area contributed by atoms with E-state index < -0.39 is 23.1 Å². The molecule has 2 saturated carbocycles. The molecule has 7 heteroatoms. The number of hydrogen-bond acceptors (Lipinski definition) is 6. The van der Waals surface area contributed by atoms with Gasteiger partial charge in [-0.15, -0.1) is 10.1 Å². The first-order valence-corrected chi connectivity index (χ1v) is 7.51. The van der Waals surface area contributed by atoms with Crippen molar-refractivity contribution in [1.29, 1.82) is 0 Å². The maximum atomic E-state index is 12.1. The van der Waals surface area contributed by atoms with Crippen LogP contribution in [0, 0.1) is 45.6 Å². The molecule has 3 rings (SSSR count). The summed E-state index contributed by atoms with van der Waals surface area (Å²) >= 11 is 0. The first kappa shape index (κ1) is 15.0. The zero-order chi connectivity index (χ0) is 16.0. The molecule has 0 aliphatic heterocycles. The Hall–Kier alpha value is -1.92. The van der Waals surface area contributed by atoms with Crippen LogP contribution in [0.3, 0.4) is 0 Å². The fraction of sp³-hybridized carbons (Fsp3) is 0.733. The lowest BCUT2D eigenvalue weighted by Crippen LogP contribution is -2.37. The number of allylic oxidation sites excluding steroid dienone is 2. The van der Waals surface area contributed by atoms with Crippen LogP contribution in [-0.2, 0) is 19.2 Å². The van der Waals surface area contributed by atoms with Crippen LogP contribution in [0.25, 0.3) is 0 Å². The molecule has 0 radical (unpaired) electrons. The van der Waals surface area contributed by atoms with E-state index in [2.05, 4.69) is 12.2 Å². The summed E-state index contributed by atoms with van der Waals surface area (Å²) in [6.07, 6.45) is 5.02. The van der Waals surface area contributed by atoms with Gasteiger partial charge in [-0.2, -0.15) is 0 Å². The summed E-state index contributed by atoms with van der Waals surface area (Å²) in [5.74, 6) is -1.44. The minimum Gasteiger partial charge on any atom is -0.468 e. The average Bonchev–Trinajstić information content (AvgIpc) is 3.08. The highest BCUT2D eigenvalue weighted by Gasteiger charge is 2.63. The van der Waals surface area contributed by atoms with Crippen LogP contribution >= 0.6 is 0 Å². The van der Waals surface area contributed by atoms with Crippen molar-refractivity contribution >= 4 is 11.8 Å². The Morgan fingerprint density at radius 2 is 2.09 bits per heavy atom. The lowest BCUT2D eigenvalue weighted by molar-refractivity contribution is -0.770. The molecule has 7 nitrogen and oxygen atoms in total. The fourth-order valence-corrected chi connectivity index (χ4v) is 5.07. The maximum Gasteiger partial charge on any atom is 0.316 e. The van der Waals surface area contributed by atoms with E-state index in [1.165, 1.54) is 14.0 Å². The number of fused-ring (bicyclic) bond motifs is 5. The highest BCUT2D eigenvalue weighted by Crippen LogP contribution is 2.62. The van der Waals surface area contributed by atoms with Crippen molar-refractivity contribution in [3.8, 4) is 0 Å². The molecular weight excluding hydrogens is 290 g/mol. The largest absolute Gasteiger partial charge is 0.468 e. The van der Waals surface area contributed by atoms with Crippen molar-refractivity contribution in [1.82, 2.24) is 0 Å². The molecule has 3 aliphatic carbocycles. The zero-order valence-electron chi connectivity index (χ0n) is 12.5. The maximum absolute atomic E-state index is 12.1. The minimum absolute atomic E-state index is 0.0618. The van der Waals surface area contributed by atoms with E-state index in [1.807, 2.05) is 0 Å². The molecule has 0 spiro atoms. The van der Waals surface area contributed by atoms with E-state index in [-0.39, 0.29) is 35.4 Å². The van der Waals surface area contributed by atoms with Gasteiger partial charge in [0.15, 0.2) is 0 Å². The van der Waals surface area contributed by atoms with E-state index >= 15 is 0 Å². The summed E-state index contributed by atoms with van der Waals surface area (Å²) in [6.45, 7) is 1.38. The van der Waals surface area contributed by atoms with Crippen molar-refractivity contribution in [2.24, 2.45) is 35.5 Å². The number of carbonyl (C=O) groups excluding carboxylic acids is 2. The van der Waals surface area contributed by atoms with Crippen LogP contribution in [-0.4, -0.2) is 30.1 Å². The van der Waals surface area contributed by atoms with Gasteiger partial charge in [0, 0.05) is 0 Å². The van der Waals surface area contributed by atoms with Crippen molar-refractivity contribution in [2.75, 3.05) is 7.11 Å². The third-order valence-corrected chi connectivity index (χ3v) is 5.62. The Kier molecular flexibility index (Phi) is 3.66. The van der Waals surface area contributed by atoms with E-state index in [4.69, 9.17) is 9.57 Å². The highest BCUT2D eigenvalue weighted by atomic mass is 17.0. The van der Waals surface area contributed by atoms with Crippen LogP contribution in [0.5, 0.6) is 0 Å². The van der Waals surface area contributed by atoms with Gasteiger partial charge in [-0.1, -0.05) is 12.2 Å². The van der Waals surface area contributed by atoms with Gasteiger partial charge >= 0.3 is 5.97 Å². The Morgan fingerprint density at radius 1 is 1.36 bits per heavy atom. The summed E-state index contributed by atoms with van der Waals surface area (Å²) in [5.41, 5.74) is 0. The monoisotopic (exact) mass is 309 g/mol. The molecule has 1 unspecified atom stereocenters. The average molecular weight is 309 g/mol. The molecule has 0 saturated heterocycles. The quantitative estimate of drug-likeness (QED) is 0.250. The number of rotatable bonds is 5. The van der Waals surface area contributed by atoms with E-state index in [0.29, 0.717) is 6.42 Å². The van der Waals surface area contributed by atoms with Crippen LogP contribution < -0.4 is 0 Å². The van der Waals surface area contributed by atoms with Gasteiger partial charge < -0.3 is 9.57 Å². The second-order valence-electron chi connectivity index (χ2n) is 6.44. The zero-order valence-corrected chi connectivity index (χ0v) is 12.5. The SMILES string of the molecule is COC(=O)C(C(C)=O)[C@H]1[C@H]2C[C@@H](O[N+](=O)[O-])[C@@H]1[C@H]1CC=C[C@@H]21. The molecule has 0 aromatic heterocycles. The molecule has 120 valence electrons. The fourth-order valence-electron chi connectivity index (χ4n) is 5.07. The van der Waals surface area contributed by atoms with Crippen LogP contribution in [0.15, 0.2) is 12.2 Å². The van der Waals surface area contributed by atoms with Crippen molar-refractivity contribution < 1.29 is 24.3 Å². The molecule has 0 amide bonds. The van der Waals surface area contributed by atoms with Gasteiger partial charge in [0.2, 0.25) is 0 Å². The number of esters is 1. The summed E-state index contributed by atoms with van der Waals surface area (Å²) in [5, 5.41) is 9.97. The second-order valence-corrected chi connectivity index (χ2v) is 6.44. The topological polar surface area (TPSA) is 95.7 Å². The molecule has 7 atom stereocenters. The van der Waals surface area contributed by atoms with Crippen molar-refractivity contribution in [3.05, 3.63) is 22.3 Å². The predicted molar refractivity (Wildman–Crippen MR) is 73.9 cm³/mol. The molecule has 0 aromatic carbocycles. The van der Waals surface area contributed by atoms with Crippen LogP contribution in [0.2, 0.25) is 0 Å². The van der Waals surface area contributed by atoms with E-state index in [1.54, 1.807) is 0 Å². The standard InChI is InChI=1S/C15H19NO6/c1-7(17)12(15(18)21-2)14-10-6-11(22-16(19)20)13(14)9-5-3-4-8(9)10/h3-4,8-14H,5-6H2,1-2H3/t8-,9+,10+,11-,12?,13+,14-/m1/s1. The molecule has 0 aromatic rings.